The Hall–Kier alpha value is -7.96. The Kier molecular flexibility index (Phi) is 7.76. The molecule has 0 saturated heterocycles. The minimum Gasteiger partial charge on any atom is -0.357 e. The van der Waals surface area contributed by atoms with Gasteiger partial charge in [-0.3, -0.25) is 19.6 Å². The van der Waals surface area contributed by atoms with Crippen molar-refractivity contribution in [1.29, 1.82) is 0 Å². The molecule has 0 saturated carbocycles. The lowest BCUT2D eigenvalue weighted by Gasteiger charge is -2.29. The number of hydrogen-bond acceptors (Lipinski definition) is 4. The van der Waals surface area contributed by atoms with Crippen LogP contribution in [0.3, 0.4) is 0 Å². The number of carbonyl (C=O) groups is 2. The molecule has 5 heterocycles. The largest absolute Gasteiger partial charge is 0.357 e. The molecule has 2 aliphatic carbocycles. The lowest BCUT2D eigenvalue weighted by Crippen LogP contribution is -2.46. The van der Waals surface area contributed by atoms with Gasteiger partial charge >= 0.3 is 0 Å². The Bertz CT molecular complexity index is 3610. The first-order chi connectivity index (χ1) is 32.0. The van der Waals surface area contributed by atoms with Crippen LogP contribution in [0.5, 0.6) is 0 Å². The zero-order valence-corrected chi connectivity index (χ0v) is 37.6. The first-order valence-electron chi connectivity index (χ1n) is 22.7. The maximum Gasteiger partial charge on any atom is 0.186 e. The molecule has 8 bridgehead atoms. The van der Waals surface area contributed by atoms with E-state index in [1.54, 1.807) is 0 Å². The Labute approximate surface area is 382 Å². The van der Waals surface area contributed by atoms with Gasteiger partial charge in [0.25, 0.3) is 0 Å². The molecule has 5 aliphatic rings. The van der Waals surface area contributed by atoms with Gasteiger partial charge < -0.3 is 9.97 Å². The number of aromatic amines is 2. The summed E-state index contributed by atoms with van der Waals surface area (Å²) in [4.78, 5) is 50.5. The molecule has 3 aliphatic heterocycles. The van der Waals surface area contributed by atoms with E-state index in [2.05, 4.69) is 155 Å². The van der Waals surface area contributed by atoms with Crippen LogP contribution in [0.15, 0.2) is 167 Å². The van der Waals surface area contributed by atoms with Gasteiger partial charge in [-0.05, 0) is 156 Å². The molecule has 6 heteroatoms. The van der Waals surface area contributed by atoms with E-state index in [4.69, 9.17) is 9.98 Å². The molecule has 0 radical (unpaired) electrons. The Balaban J connectivity index is 1.19. The third kappa shape index (κ3) is 4.80. The molecule has 6 nitrogen and oxygen atoms in total. The second-order valence-electron chi connectivity index (χ2n) is 18.9. The molecular formula is C60H44N4O2. The van der Waals surface area contributed by atoms with Crippen LogP contribution in [0.2, 0.25) is 0 Å². The number of aromatic nitrogens is 2. The van der Waals surface area contributed by atoms with Crippen LogP contribution in [0.1, 0.15) is 99.1 Å². The maximum absolute atomic E-state index is 15.7. The fraction of sp³-hybridized carbons (Fsp3) is 0.133. The number of benzene rings is 6. The van der Waals surface area contributed by atoms with Gasteiger partial charge in [0.15, 0.2) is 11.6 Å². The number of rotatable bonds is 2. The van der Waals surface area contributed by atoms with Crippen LogP contribution >= 0.6 is 0 Å². The van der Waals surface area contributed by atoms with E-state index in [1.807, 2.05) is 42.5 Å². The summed E-state index contributed by atoms with van der Waals surface area (Å²) in [5, 5.41) is 3.92. The van der Waals surface area contributed by atoms with E-state index in [9.17, 15) is 0 Å². The maximum atomic E-state index is 15.7. The summed E-state index contributed by atoms with van der Waals surface area (Å²) >= 11 is 0. The quantitative estimate of drug-likeness (QED) is 0.181. The molecule has 6 aromatic carbocycles. The fourth-order valence-corrected chi connectivity index (χ4v) is 12.5. The summed E-state index contributed by atoms with van der Waals surface area (Å²) < 4.78 is 0. The van der Waals surface area contributed by atoms with E-state index < -0.39 is 10.8 Å². The molecule has 2 N–H and O–H groups in total. The van der Waals surface area contributed by atoms with Crippen molar-refractivity contribution in [2.24, 2.45) is 9.98 Å². The van der Waals surface area contributed by atoms with Gasteiger partial charge in [-0.2, -0.15) is 0 Å². The van der Waals surface area contributed by atoms with Gasteiger partial charge in [0, 0.05) is 45.0 Å². The summed E-state index contributed by atoms with van der Waals surface area (Å²) in [5.74, 6) is -0.0402. The van der Waals surface area contributed by atoms with E-state index in [0.29, 0.717) is 22.6 Å². The van der Waals surface area contributed by atoms with Crippen LogP contribution in [-0.2, 0) is 10.8 Å². The lowest BCUT2D eigenvalue weighted by atomic mass is 9.71. The Morgan fingerprint density at radius 3 is 1.27 bits per heavy atom. The number of nitrogens with one attached hydrogen (secondary N) is 2. The first kappa shape index (κ1) is 38.5. The molecule has 8 aromatic rings. The SMILES string of the molecule is Cc1cc(C)c(C2=C3C=CC(=N3)C3(C(=O)c4cccc5cccc3c45)C3=NC(=C(c4c(C)cc(C)cc4C)c4ccc([nH]4)C4(C(=O)c5cccc6cccc4c56)c4ccc2[nH]4)C=C3)c(C)c1. The number of fused-ring (bicyclic) bond motifs is 12. The Morgan fingerprint density at radius 1 is 0.439 bits per heavy atom. The Morgan fingerprint density at radius 2 is 0.833 bits per heavy atom. The smallest absolute Gasteiger partial charge is 0.186 e. The monoisotopic (exact) mass is 852 g/mol. The van der Waals surface area contributed by atoms with E-state index in [-0.39, 0.29) is 11.6 Å². The molecule has 316 valence electrons. The topological polar surface area (TPSA) is 90.4 Å². The average molecular weight is 853 g/mol. The summed E-state index contributed by atoms with van der Waals surface area (Å²) in [6.45, 7) is 12.8. The van der Waals surface area contributed by atoms with Crippen molar-refractivity contribution in [3.8, 4) is 0 Å². The number of carbonyl (C=O) groups excluding carboxylic acids is 2. The summed E-state index contributed by atoms with van der Waals surface area (Å²) in [5.41, 5.74) is 17.0. The second-order valence-corrected chi connectivity index (χ2v) is 18.9. The highest BCUT2D eigenvalue weighted by molar-refractivity contribution is 6.46. The summed E-state index contributed by atoms with van der Waals surface area (Å²) in [6.07, 6.45) is 8.18. The van der Waals surface area contributed by atoms with Gasteiger partial charge in [0.2, 0.25) is 0 Å². The van der Waals surface area contributed by atoms with Crippen LogP contribution < -0.4 is 0 Å². The normalized spacial score (nSPS) is 20.1. The van der Waals surface area contributed by atoms with Crippen LogP contribution in [0, 0.1) is 41.5 Å². The zero-order chi connectivity index (χ0) is 45.0. The predicted octanol–water partition coefficient (Wildman–Crippen LogP) is 12.7. The van der Waals surface area contributed by atoms with Crippen LogP contribution in [0.25, 0.3) is 32.7 Å². The van der Waals surface area contributed by atoms with Crippen molar-refractivity contribution in [1.82, 2.24) is 9.97 Å². The van der Waals surface area contributed by atoms with E-state index in [1.165, 1.54) is 11.1 Å². The lowest BCUT2D eigenvalue weighted by molar-refractivity contribution is 0.0939. The van der Waals surface area contributed by atoms with Gasteiger partial charge in [-0.15, -0.1) is 0 Å². The third-order valence-electron chi connectivity index (χ3n) is 14.9. The minimum absolute atomic E-state index is 0.00332. The summed E-state index contributed by atoms with van der Waals surface area (Å²) in [7, 11) is 0. The molecule has 66 heavy (non-hydrogen) atoms. The van der Waals surface area contributed by atoms with Crippen molar-refractivity contribution in [3.63, 3.8) is 0 Å². The van der Waals surface area contributed by atoms with Gasteiger partial charge in [0.1, 0.15) is 10.8 Å². The van der Waals surface area contributed by atoms with Gasteiger partial charge in [0.05, 0.1) is 22.8 Å². The molecule has 2 spiro atoms. The molecule has 0 atom stereocenters. The molecule has 0 fully saturated rings. The number of hydrogen-bond donors (Lipinski definition) is 2. The van der Waals surface area contributed by atoms with Crippen molar-refractivity contribution in [2.45, 2.75) is 52.4 Å². The van der Waals surface area contributed by atoms with E-state index in [0.717, 1.165) is 111 Å². The zero-order valence-electron chi connectivity index (χ0n) is 37.6. The standard InChI is InChI=1S/C60H44N4O2/c1-31-27-33(3)51(34(4)28-31)55-43-19-23-47(61-43)59(41-17-9-13-37-11-7-15-39(53(37)41)57(59)65)49-25-21-45(63-49)56(52-35(5)29-32(2)30-36(52)6)46-22-26-50(64-46)60(48-24-20-44(55)62-48)42-18-10-14-38-12-8-16-40(54(38)42)58(60)66/h7-30,61,63H,1-6H3. The van der Waals surface area contributed by atoms with Gasteiger partial charge in [-0.25, -0.2) is 0 Å². The van der Waals surface area contributed by atoms with Crippen molar-refractivity contribution >= 4 is 55.7 Å². The number of Topliss-reactive ketones (excluding diaryl/α,β-unsaturated/α-hetero) is 2. The molecular weight excluding hydrogens is 809 g/mol. The molecule has 13 rings (SSSR count). The number of ketones is 2. The van der Waals surface area contributed by atoms with E-state index >= 15 is 9.59 Å². The predicted molar refractivity (Wildman–Crippen MR) is 266 cm³/mol. The van der Waals surface area contributed by atoms with Crippen molar-refractivity contribution in [2.75, 3.05) is 0 Å². The number of nitrogens with zero attached hydrogens (tertiary/aromatic N) is 2. The van der Waals surface area contributed by atoms with Crippen LogP contribution in [0.4, 0.5) is 0 Å². The molecule has 2 aromatic heterocycles. The second kappa shape index (κ2) is 13.3. The third-order valence-corrected chi connectivity index (χ3v) is 14.9. The highest BCUT2D eigenvalue weighted by Gasteiger charge is 2.56. The summed E-state index contributed by atoms with van der Waals surface area (Å²) in [6, 6.07) is 41.7. The molecule has 0 amide bonds. The fourth-order valence-electron chi connectivity index (χ4n) is 12.5. The minimum atomic E-state index is -1.34. The molecule has 0 unspecified atom stereocenters. The van der Waals surface area contributed by atoms with Crippen molar-refractivity contribution < 1.29 is 9.59 Å². The average Bonchev–Trinajstić information content (AvgIpc) is 4.17. The highest BCUT2D eigenvalue weighted by atomic mass is 16.1. The number of H-pyrrole nitrogens is 2. The highest BCUT2D eigenvalue weighted by Crippen LogP contribution is 2.53. The first-order valence-corrected chi connectivity index (χ1v) is 22.7. The van der Waals surface area contributed by atoms with Crippen molar-refractivity contribution in [3.05, 3.63) is 247 Å². The number of allylic oxidation sites excluding steroid dienone is 4. The van der Waals surface area contributed by atoms with Crippen LogP contribution in [-0.4, -0.2) is 33.0 Å². The number of aliphatic imine (C=N–C) groups is 2. The van der Waals surface area contributed by atoms with Gasteiger partial charge in [-0.1, -0.05) is 108 Å². The number of aryl methyl sites for hydroxylation is 6.